The lowest BCUT2D eigenvalue weighted by molar-refractivity contribution is -0.144. The third-order valence-electron chi connectivity index (χ3n) is 8.07. The topological polar surface area (TPSA) is 79.3 Å². The quantitative estimate of drug-likeness (QED) is 0.0607. The van der Waals surface area contributed by atoms with Crippen LogP contribution < -0.4 is 0 Å². The highest BCUT2D eigenvalue weighted by Crippen LogP contribution is 2.12. The molecule has 0 aliphatic heterocycles. The molecule has 0 rings (SSSR count). The number of rotatable bonds is 33. The second-order valence-corrected chi connectivity index (χ2v) is 12.2. The molecule has 7 nitrogen and oxygen atoms in total. The van der Waals surface area contributed by atoms with Gasteiger partial charge in [-0.3, -0.25) is 9.59 Å². The van der Waals surface area contributed by atoms with Crippen LogP contribution >= 0.6 is 0 Å². The predicted octanol–water partition coefficient (Wildman–Crippen LogP) is 7.92. The Kier molecular flexibility index (Phi) is 31.8. The third kappa shape index (κ3) is 30.3. The van der Waals surface area contributed by atoms with Gasteiger partial charge in [-0.25, -0.2) is 0 Å². The second-order valence-electron chi connectivity index (χ2n) is 12.2. The van der Waals surface area contributed by atoms with Gasteiger partial charge in [0.25, 0.3) is 0 Å². The first-order valence-corrected chi connectivity index (χ1v) is 17.9. The number of aliphatic hydroxyl groups is 1. The number of esters is 2. The minimum Gasteiger partial charge on any atom is -0.466 e. The van der Waals surface area contributed by atoms with Crippen LogP contribution in [0.15, 0.2) is 0 Å². The number of carbonyl (C=O) groups is 2. The summed E-state index contributed by atoms with van der Waals surface area (Å²) in [5, 5.41) is 9.18. The maximum Gasteiger partial charge on any atom is 0.307 e. The molecule has 0 radical (unpaired) electrons. The minimum absolute atomic E-state index is 0.118. The fraction of sp³-hybridized carbons (Fsp3) is 0.943. The molecule has 0 spiro atoms. The van der Waals surface area contributed by atoms with Gasteiger partial charge in [-0.15, -0.1) is 0 Å². The van der Waals surface area contributed by atoms with Crippen LogP contribution in [-0.2, 0) is 19.1 Å². The zero-order valence-corrected chi connectivity index (χ0v) is 28.2. The standard InChI is InChI=1S/C35H70N2O5/c1-4-6-8-10-12-14-16-18-20-22-32-41-34(39)24-26-37(29-28-36(3)30-31-38)27-25-35(40)42-33-23-21-19-17-15-13-11-9-7-5-2/h38H,4-33H2,1-3H3. The van der Waals surface area contributed by atoms with Gasteiger partial charge in [0.05, 0.1) is 32.7 Å². The highest BCUT2D eigenvalue weighted by molar-refractivity contribution is 5.70. The molecule has 0 unspecified atom stereocenters. The summed E-state index contributed by atoms with van der Waals surface area (Å²) < 4.78 is 11.0. The SMILES string of the molecule is CCCCCCCCCCCCOC(=O)CCN(CCC(=O)OCCCCCCCCCCCC)CCN(C)CCO. The molecular weight excluding hydrogens is 528 g/mol. The maximum atomic E-state index is 12.3. The highest BCUT2D eigenvalue weighted by Gasteiger charge is 2.13. The van der Waals surface area contributed by atoms with Gasteiger partial charge in [0.2, 0.25) is 0 Å². The van der Waals surface area contributed by atoms with E-state index in [-0.39, 0.29) is 18.5 Å². The number of hydrogen-bond donors (Lipinski definition) is 1. The fourth-order valence-corrected chi connectivity index (χ4v) is 5.12. The van der Waals surface area contributed by atoms with Crippen LogP contribution in [0, 0.1) is 0 Å². The number of aliphatic hydroxyl groups excluding tert-OH is 1. The van der Waals surface area contributed by atoms with E-state index in [4.69, 9.17) is 9.47 Å². The summed E-state index contributed by atoms with van der Waals surface area (Å²) in [6.45, 7) is 8.85. The highest BCUT2D eigenvalue weighted by atomic mass is 16.5. The third-order valence-corrected chi connectivity index (χ3v) is 8.07. The summed E-state index contributed by atoms with van der Waals surface area (Å²) in [5.41, 5.74) is 0. The molecular formula is C35H70N2O5. The van der Waals surface area contributed by atoms with Crippen molar-refractivity contribution in [3.05, 3.63) is 0 Å². The molecule has 0 saturated heterocycles. The lowest BCUT2D eigenvalue weighted by Crippen LogP contribution is -2.37. The van der Waals surface area contributed by atoms with E-state index in [0.29, 0.717) is 45.7 Å². The molecule has 0 aliphatic carbocycles. The van der Waals surface area contributed by atoms with E-state index in [1.54, 1.807) is 0 Å². The molecule has 42 heavy (non-hydrogen) atoms. The number of unbranched alkanes of at least 4 members (excludes halogenated alkanes) is 18. The Hall–Kier alpha value is -1.18. The number of nitrogens with zero attached hydrogens (tertiary/aromatic N) is 2. The number of ether oxygens (including phenoxy) is 2. The van der Waals surface area contributed by atoms with Gasteiger partial charge in [0.15, 0.2) is 0 Å². The number of hydrogen-bond acceptors (Lipinski definition) is 7. The summed E-state index contributed by atoms with van der Waals surface area (Å²) in [7, 11) is 1.97. The van der Waals surface area contributed by atoms with Crippen molar-refractivity contribution in [2.45, 2.75) is 155 Å². The molecule has 0 saturated carbocycles. The molecule has 0 aromatic carbocycles. The summed E-state index contributed by atoms with van der Waals surface area (Å²) in [6, 6.07) is 0. The average molecular weight is 599 g/mol. The molecule has 250 valence electrons. The molecule has 0 aliphatic rings. The van der Waals surface area contributed by atoms with E-state index in [1.807, 2.05) is 7.05 Å². The van der Waals surface area contributed by atoms with Crippen LogP contribution in [-0.4, -0.2) is 86.4 Å². The van der Waals surface area contributed by atoms with Gasteiger partial charge >= 0.3 is 11.9 Å². The van der Waals surface area contributed by atoms with Crippen molar-refractivity contribution >= 4 is 11.9 Å². The molecule has 0 amide bonds. The molecule has 0 fully saturated rings. The zero-order valence-electron chi connectivity index (χ0n) is 28.2. The van der Waals surface area contributed by atoms with Crippen LogP contribution in [0.4, 0.5) is 0 Å². The summed E-state index contributed by atoms with van der Waals surface area (Å²) in [5.74, 6) is -0.327. The van der Waals surface area contributed by atoms with E-state index in [1.165, 1.54) is 103 Å². The van der Waals surface area contributed by atoms with Crippen molar-refractivity contribution in [1.29, 1.82) is 0 Å². The average Bonchev–Trinajstić information content (AvgIpc) is 2.98. The van der Waals surface area contributed by atoms with Crippen LogP contribution in [0.5, 0.6) is 0 Å². The molecule has 0 aromatic heterocycles. The lowest BCUT2D eigenvalue weighted by atomic mass is 10.1. The molecule has 0 atom stereocenters. The van der Waals surface area contributed by atoms with Crippen molar-refractivity contribution < 1.29 is 24.2 Å². The monoisotopic (exact) mass is 599 g/mol. The molecule has 1 N–H and O–H groups in total. The van der Waals surface area contributed by atoms with Gasteiger partial charge in [-0.2, -0.15) is 0 Å². The van der Waals surface area contributed by atoms with Gasteiger partial charge < -0.3 is 24.4 Å². The first-order valence-electron chi connectivity index (χ1n) is 17.9. The van der Waals surface area contributed by atoms with E-state index in [2.05, 4.69) is 23.6 Å². The van der Waals surface area contributed by atoms with Crippen LogP contribution in [0.2, 0.25) is 0 Å². The van der Waals surface area contributed by atoms with Crippen LogP contribution in [0.3, 0.4) is 0 Å². The van der Waals surface area contributed by atoms with E-state index in [0.717, 1.165) is 38.8 Å². The number of likely N-dealkylation sites (N-methyl/N-ethyl adjacent to an activating group) is 1. The first-order chi connectivity index (χ1) is 20.5. The maximum absolute atomic E-state index is 12.3. The van der Waals surface area contributed by atoms with Crippen molar-refractivity contribution in [2.75, 3.05) is 59.6 Å². The zero-order chi connectivity index (χ0) is 30.9. The smallest absolute Gasteiger partial charge is 0.307 e. The molecule has 7 heteroatoms. The Morgan fingerprint density at radius 1 is 0.500 bits per heavy atom. The van der Waals surface area contributed by atoms with E-state index < -0.39 is 0 Å². The number of carbonyl (C=O) groups excluding carboxylic acids is 2. The van der Waals surface area contributed by atoms with Crippen LogP contribution in [0.1, 0.15) is 155 Å². The van der Waals surface area contributed by atoms with E-state index in [9.17, 15) is 14.7 Å². The fourth-order valence-electron chi connectivity index (χ4n) is 5.12. The summed E-state index contributed by atoms with van der Waals surface area (Å²) in [4.78, 5) is 28.9. The first kappa shape index (κ1) is 40.8. The molecule has 0 bridgehead atoms. The van der Waals surface area contributed by atoms with Crippen LogP contribution in [0.25, 0.3) is 0 Å². The van der Waals surface area contributed by atoms with Crippen molar-refractivity contribution in [1.82, 2.24) is 9.80 Å². The Labute approximate surface area is 260 Å². The van der Waals surface area contributed by atoms with E-state index >= 15 is 0 Å². The molecule has 0 heterocycles. The lowest BCUT2D eigenvalue weighted by Gasteiger charge is -2.24. The van der Waals surface area contributed by atoms with Crippen molar-refractivity contribution in [2.24, 2.45) is 0 Å². The Balaban J connectivity index is 4.03. The normalized spacial score (nSPS) is 11.5. The Morgan fingerprint density at radius 3 is 1.21 bits per heavy atom. The van der Waals surface area contributed by atoms with Gasteiger partial charge in [0, 0.05) is 32.7 Å². The van der Waals surface area contributed by atoms with Gasteiger partial charge in [0.1, 0.15) is 0 Å². The summed E-state index contributed by atoms with van der Waals surface area (Å²) >= 11 is 0. The Bertz CT molecular complexity index is 548. The minimum atomic E-state index is -0.164. The predicted molar refractivity (Wildman–Crippen MR) is 176 cm³/mol. The van der Waals surface area contributed by atoms with Crippen molar-refractivity contribution in [3.8, 4) is 0 Å². The largest absolute Gasteiger partial charge is 0.466 e. The summed E-state index contributed by atoms with van der Waals surface area (Å²) in [6.07, 6.45) is 25.9. The van der Waals surface area contributed by atoms with Crippen molar-refractivity contribution in [3.63, 3.8) is 0 Å². The van der Waals surface area contributed by atoms with Gasteiger partial charge in [-0.05, 0) is 19.9 Å². The van der Waals surface area contributed by atoms with Gasteiger partial charge in [-0.1, -0.05) is 129 Å². The second kappa shape index (κ2) is 32.7. The Morgan fingerprint density at radius 2 is 0.857 bits per heavy atom. The molecule has 0 aromatic rings.